The first-order valence-electron chi connectivity index (χ1n) is 8.11. The molecule has 0 aromatic heterocycles. The first-order valence-corrected chi connectivity index (χ1v) is 8.11. The molecule has 1 heterocycles. The summed E-state index contributed by atoms with van der Waals surface area (Å²) in [6.07, 6.45) is 3.55. The number of benzene rings is 2. The summed E-state index contributed by atoms with van der Waals surface area (Å²) in [5, 5.41) is 12.7. The zero-order valence-corrected chi connectivity index (χ0v) is 12.8. The van der Waals surface area contributed by atoms with E-state index >= 15 is 0 Å². The van der Waals surface area contributed by atoms with E-state index < -0.39 is 0 Å². The van der Waals surface area contributed by atoms with Crippen molar-refractivity contribution in [3.8, 4) is 6.07 Å². The first kappa shape index (κ1) is 14.8. The quantitative estimate of drug-likeness (QED) is 0.927. The molecular formula is C20H22N2. The molecule has 2 aromatic carbocycles. The molecule has 1 N–H and O–H groups in total. The van der Waals surface area contributed by atoms with E-state index in [1.807, 2.05) is 12.1 Å². The lowest BCUT2D eigenvalue weighted by Gasteiger charge is -2.31. The van der Waals surface area contributed by atoms with Crippen LogP contribution in [0.25, 0.3) is 0 Å². The van der Waals surface area contributed by atoms with Crippen molar-refractivity contribution < 1.29 is 0 Å². The highest BCUT2D eigenvalue weighted by Gasteiger charge is 2.25. The van der Waals surface area contributed by atoms with Crippen LogP contribution >= 0.6 is 0 Å². The normalized spacial score (nSPS) is 19.3. The molecule has 2 aromatic rings. The van der Waals surface area contributed by atoms with Gasteiger partial charge >= 0.3 is 0 Å². The summed E-state index contributed by atoms with van der Waals surface area (Å²) < 4.78 is 0. The van der Waals surface area contributed by atoms with Crippen molar-refractivity contribution in [2.45, 2.75) is 25.2 Å². The molecule has 1 fully saturated rings. The molecular weight excluding hydrogens is 268 g/mol. The summed E-state index contributed by atoms with van der Waals surface area (Å²) >= 11 is 0. The summed E-state index contributed by atoms with van der Waals surface area (Å²) in [7, 11) is 0. The van der Waals surface area contributed by atoms with Gasteiger partial charge in [0.05, 0.1) is 11.6 Å². The van der Waals surface area contributed by atoms with Crippen LogP contribution in [0.2, 0.25) is 0 Å². The molecule has 0 saturated carbocycles. The standard InChI is InChI=1S/C20H22N2/c21-14-17-8-4-9-18(12-17)20(19-10-5-11-22-15-19)13-16-6-2-1-3-7-16/h1-4,6-9,12,19-20,22H,5,10-11,13,15H2. The topological polar surface area (TPSA) is 35.8 Å². The van der Waals surface area contributed by atoms with E-state index in [0.29, 0.717) is 11.8 Å². The van der Waals surface area contributed by atoms with E-state index in [9.17, 15) is 5.26 Å². The fourth-order valence-corrected chi connectivity index (χ4v) is 3.49. The van der Waals surface area contributed by atoms with Crippen LogP contribution in [-0.2, 0) is 6.42 Å². The van der Waals surface area contributed by atoms with Gasteiger partial charge < -0.3 is 5.32 Å². The Morgan fingerprint density at radius 3 is 2.73 bits per heavy atom. The third-order valence-electron chi connectivity index (χ3n) is 4.65. The minimum Gasteiger partial charge on any atom is -0.316 e. The highest BCUT2D eigenvalue weighted by molar-refractivity contribution is 5.35. The van der Waals surface area contributed by atoms with Gasteiger partial charge in [-0.05, 0) is 67.4 Å². The van der Waals surface area contributed by atoms with Crippen molar-refractivity contribution >= 4 is 0 Å². The van der Waals surface area contributed by atoms with Gasteiger partial charge in [0.1, 0.15) is 0 Å². The number of hydrogen-bond donors (Lipinski definition) is 1. The first-order chi connectivity index (χ1) is 10.9. The number of rotatable bonds is 4. The van der Waals surface area contributed by atoms with Gasteiger partial charge in [-0.2, -0.15) is 5.26 Å². The van der Waals surface area contributed by atoms with Gasteiger partial charge in [-0.3, -0.25) is 0 Å². The predicted molar refractivity (Wildman–Crippen MR) is 89.6 cm³/mol. The molecule has 1 aliphatic heterocycles. The van der Waals surface area contributed by atoms with Crippen molar-refractivity contribution in [2.24, 2.45) is 5.92 Å². The molecule has 2 heteroatoms. The highest BCUT2D eigenvalue weighted by atomic mass is 14.9. The van der Waals surface area contributed by atoms with Crippen LogP contribution < -0.4 is 5.32 Å². The molecule has 0 amide bonds. The Bertz CT molecular complexity index is 636. The molecule has 1 saturated heterocycles. The third-order valence-corrected chi connectivity index (χ3v) is 4.65. The monoisotopic (exact) mass is 290 g/mol. The lowest BCUT2D eigenvalue weighted by atomic mass is 9.78. The fraction of sp³-hybridized carbons (Fsp3) is 0.350. The van der Waals surface area contributed by atoms with E-state index in [2.05, 4.69) is 53.9 Å². The molecule has 2 unspecified atom stereocenters. The van der Waals surface area contributed by atoms with Crippen LogP contribution in [0.3, 0.4) is 0 Å². The zero-order valence-electron chi connectivity index (χ0n) is 12.8. The maximum atomic E-state index is 9.18. The SMILES string of the molecule is N#Cc1cccc(C(Cc2ccccc2)C2CCCNC2)c1. The fourth-order valence-electron chi connectivity index (χ4n) is 3.49. The van der Waals surface area contributed by atoms with Gasteiger partial charge in [0, 0.05) is 0 Å². The minimum atomic E-state index is 0.475. The summed E-state index contributed by atoms with van der Waals surface area (Å²) in [5.74, 6) is 1.12. The van der Waals surface area contributed by atoms with E-state index in [1.165, 1.54) is 24.0 Å². The van der Waals surface area contributed by atoms with Crippen LogP contribution in [0.1, 0.15) is 35.4 Å². The maximum absolute atomic E-state index is 9.18. The van der Waals surface area contributed by atoms with Gasteiger partial charge in [0.2, 0.25) is 0 Å². The number of nitrogens with one attached hydrogen (secondary N) is 1. The lowest BCUT2D eigenvalue weighted by Crippen LogP contribution is -2.34. The van der Waals surface area contributed by atoms with E-state index in [4.69, 9.17) is 0 Å². The predicted octanol–water partition coefficient (Wildman–Crippen LogP) is 3.88. The van der Waals surface area contributed by atoms with Crippen molar-refractivity contribution in [3.05, 3.63) is 71.3 Å². The molecule has 22 heavy (non-hydrogen) atoms. The van der Waals surface area contributed by atoms with Gasteiger partial charge in [-0.15, -0.1) is 0 Å². The van der Waals surface area contributed by atoms with Crippen LogP contribution in [0.5, 0.6) is 0 Å². The average Bonchev–Trinajstić information content (AvgIpc) is 2.61. The highest BCUT2D eigenvalue weighted by Crippen LogP contribution is 2.33. The minimum absolute atomic E-state index is 0.475. The second-order valence-electron chi connectivity index (χ2n) is 6.14. The second kappa shape index (κ2) is 7.24. The molecule has 2 nitrogen and oxygen atoms in total. The Morgan fingerprint density at radius 1 is 1.14 bits per heavy atom. The average molecular weight is 290 g/mol. The van der Waals surface area contributed by atoms with Crippen LogP contribution in [0, 0.1) is 17.2 Å². The van der Waals surface area contributed by atoms with Gasteiger partial charge in [-0.25, -0.2) is 0 Å². The molecule has 2 atom stereocenters. The summed E-state index contributed by atoms with van der Waals surface area (Å²) in [6, 6.07) is 21.1. The summed E-state index contributed by atoms with van der Waals surface area (Å²) in [4.78, 5) is 0. The zero-order chi connectivity index (χ0) is 15.2. The number of hydrogen-bond acceptors (Lipinski definition) is 2. The maximum Gasteiger partial charge on any atom is 0.0991 e. The smallest absolute Gasteiger partial charge is 0.0991 e. The summed E-state index contributed by atoms with van der Waals surface area (Å²) in [6.45, 7) is 2.21. The van der Waals surface area contributed by atoms with Crippen molar-refractivity contribution in [1.29, 1.82) is 5.26 Å². The Kier molecular flexibility index (Phi) is 4.88. The van der Waals surface area contributed by atoms with Gasteiger partial charge in [0.15, 0.2) is 0 Å². The third kappa shape index (κ3) is 3.55. The Morgan fingerprint density at radius 2 is 2.00 bits per heavy atom. The molecule has 1 aliphatic rings. The van der Waals surface area contributed by atoms with Gasteiger partial charge in [-0.1, -0.05) is 42.5 Å². The summed E-state index contributed by atoms with van der Waals surface area (Å²) in [5.41, 5.74) is 3.44. The van der Waals surface area contributed by atoms with E-state index in [1.54, 1.807) is 0 Å². The molecule has 112 valence electrons. The van der Waals surface area contributed by atoms with Crippen LogP contribution in [0.4, 0.5) is 0 Å². The Hall–Kier alpha value is -2.11. The molecule has 0 spiro atoms. The van der Waals surface area contributed by atoms with E-state index in [0.717, 1.165) is 25.1 Å². The largest absolute Gasteiger partial charge is 0.316 e. The molecule has 3 rings (SSSR count). The molecule has 0 aliphatic carbocycles. The van der Waals surface area contributed by atoms with Crippen LogP contribution in [-0.4, -0.2) is 13.1 Å². The van der Waals surface area contributed by atoms with Crippen molar-refractivity contribution in [3.63, 3.8) is 0 Å². The lowest BCUT2D eigenvalue weighted by molar-refractivity contribution is 0.320. The molecule has 0 bridgehead atoms. The van der Waals surface area contributed by atoms with Crippen LogP contribution in [0.15, 0.2) is 54.6 Å². The molecule has 0 radical (unpaired) electrons. The van der Waals surface area contributed by atoms with E-state index in [-0.39, 0.29) is 0 Å². The van der Waals surface area contributed by atoms with Crippen molar-refractivity contribution in [1.82, 2.24) is 5.32 Å². The number of nitriles is 1. The Labute approximate surface area is 132 Å². The number of nitrogens with zero attached hydrogens (tertiary/aromatic N) is 1. The van der Waals surface area contributed by atoms with Crippen molar-refractivity contribution in [2.75, 3.05) is 13.1 Å². The van der Waals surface area contributed by atoms with Gasteiger partial charge in [0.25, 0.3) is 0 Å². The second-order valence-corrected chi connectivity index (χ2v) is 6.14. The Balaban J connectivity index is 1.89. The number of piperidine rings is 1.